The van der Waals surface area contributed by atoms with Crippen molar-refractivity contribution in [3.8, 4) is 0 Å². The fourth-order valence-corrected chi connectivity index (χ4v) is 2.46. The number of rotatable bonds is 4. The van der Waals surface area contributed by atoms with Crippen molar-refractivity contribution >= 4 is 28.3 Å². The highest BCUT2D eigenvalue weighted by Crippen LogP contribution is 2.27. The Morgan fingerprint density at radius 2 is 2.41 bits per heavy atom. The molecule has 0 saturated carbocycles. The fourth-order valence-electron chi connectivity index (χ4n) is 1.62. The average molecular weight is 256 g/mol. The molecule has 0 spiro atoms. The third kappa shape index (κ3) is 2.42. The summed E-state index contributed by atoms with van der Waals surface area (Å²) in [4.78, 5) is 24.2. The number of anilines is 1. The molecule has 0 bridgehead atoms. The van der Waals surface area contributed by atoms with Gasteiger partial charge in [-0.3, -0.25) is 14.5 Å². The number of methoxy groups -OCH3 is 1. The Labute approximate surface area is 102 Å². The van der Waals surface area contributed by atoms with E-state index in [0.29, 0.717) is 16.7 Å². The summed E-state index contributed by atoms with van der Waals surface area (Å²) in [5, 5.41) is 8.97. The zero-order valence-corrected chi connectivity index (χ0v) is 10.1. The van der Waals surface area contributed by atoms with Gasteiger partial charge in [0.25, 0.3) is 0 Å². The standard InChI is InChI=1S/C9H12N4O3S/c1-16-4-6-11-12-9(17-6)13-3-5(8(10)15)2-7(13)14/h5H,2-4H2,1H3,(H2,10,15). The second kappa shape index (κ2) is 4.76. The maximum Gasteiger partial charge on any atom is 0.229 e. The van der Waals surface area contributed by atoms with Gasteiger partial charge in [-0.25, -0.2) is 0 Å². The molecule has 2 N–H and O–H groups in total. The first-order valence-electron chi connectivity index (χ1n) is 5.03. The molecule has 0 aromatic carbocycles. The van der Waals surface area contributed by atoms with Gasteiger partial charge in [-0.2, -0.15) is 0 Å². The summed E-state index contributed by atoms with van der Waals surface area (Å²) >= 11 is 1.28. The molecular formula is C9H12N4O3S. The van der Waals surface area contributed by atoms with Gasteiger partial charge < -0.3 is 10.5 Å². The zero-order chi connectivity index (χ0) is 12.4. The highest BCUT2D eigenvalue weighted by atomic mass is 32.1. The Balaban J connectivity index is 2.11. The lowest BCUT2D eigenvalue weighted by molar-refractivity contribution is -0.123. The smallest absolute Gasteiger partial charge is 0.229 e. The van der Waals surface area contributed by atoms with Gasteiger partial charge >= 0.3 is 0 Å². The number of primary amides is 1. The monoisotopic (exact) mass is 256 g/mol. The van der Waals surface area contributed by atoms with Crippen LogP contribution in [0.25, 0.3) is 0 Å². The SMILES string of the molecule is COCc1nnc(N2CC(C(N)=O)CC2=O)s1. The van der Waals surface area contributed by atoms with Crippen LogP contribution in [0.5, 0.6) is 0 Å². The van der Waals surface area contributed by atoms with Crippen molar-refractivity contribution in [2.24, 2.45) is 11.7 Å². The molecule has 1 unspecified atom stereocenters. The number of amides is 2. The first-order valence-corrected chi connectivity index (χ1v) is 5.84. The highest BCUT2D eigenvalue weighted by molar-refractivity contribution is 7.15. The van der Waals surface area contributed by atoms with E-state index in [2.05, 4.69) is 10.2 Å². The summed E-state index contributed by atoms with van der Waals surface area (Å²) in [6.07, 6.45) is 0.147. The van der Waals surface area contributed by atoms with Gasteiger partial charge in [-0.15, -0.1) is 10.2 Å². The Morgan fingerprint density at radius 1 is 1.65 bits per heavy atom. The van der Waals surface area contributed by atoms with Gasteiger partial charge in [-0.05, 0) is 0 Å². The third-order valence-corrected chi connectivity index (χ3v) is 3.40. The van der Waals surface area contributed by atoms with Crippen molar-refractivity contribution < 1.29 is 14.3 Å². The molecule has 1 fully saturated rings. The molecule has 1 saturated heterocycles. The van der Waals surface area contributed by atoms with Gasteiger partial charge in [-0.1, -0.05) is 11.3 Å². The predicted molar refractivity (Wildman–Crippen MR) is 60.3 cm³/mol. The van der Waals surface area contributed by atoms with Crippen LogP contribution in [0.2, 0.25) is 0 Å². The first kappa shape index (κ1) is 11.9. The van der Waals surface area contributed by atoms with Crippen molar-refractivity contribution in [1.82, 2.24) is 10.2 Å². The molecule has 8 heteroatoms. The number of hydrogen-bond donors (Lipinski definition) is 1. The van der Waals surface area contributed by atoms with Crippen LogP contribution in [0, 0.1) is 5.92 Å². The minimum absolute atomic E-state index is 0.145. The van der Waals surface area contributed by atoms with E-state index in [-0.39, 0.29) is 18.9 Å². The largest absolute Gasteiger partial charge is 0.377 e. The number of carbonyl (C=O) groups is 2. The number of nitrogens with two attached hydrogens (primary N) is 1. The van der Waals surface area contributed by atoms with Crippen LogP contribution in [-0.2, 0) is 20.9 Å². The third-order valence-electron chi connectivity index (χ3n) is 2.48. The van der Waals surface area contributed by atoms with E-state index >= 15 is 0 Å². The molecule has 92 valence electrons. The van der Waals surface area contributed by atoms with E-state index in [9.17, 15) is 9.59 Å². The van der Waals surface area contributed by atoms with E-state index in [1.807, 2.05) is 0 Å². The van der Waals surface area contributed by atoms with E-state index in [1.165, 1.54) is 16.2 Å². The molecule has 7 nitrogen and oxygen atoms in total. The molecule has 17 heavy (non-hydrogen) atoms. The van der Waals surface area contributed by atoms with E-state index in [0.717, 1.165) is 0 Å². The molecule has 1 aromatic rings. The zero-order valence-electron chi connectivity index (χ0n) is 9.25. The summed E-state index contributed by atoms with van der Waals surface area (Å²) in [6.45, 7) is 0.648. The van der Waals surface area contributed by atoms with Crippen LogP contribution in [0.4, 0.5) is 5.13 Å². The molecule has 1 aliphatic heterocycles. The summed E-state index contributed by atoms with van der Waals surface area (Å²) < 4.78 is 4.92. The normalized spacial score (nSPS) is 19.9. The van der Waals surface area contributed by atoms with Crippen LogP contribution >= 0.6 is 11.3 Å². The molecule has 2 amide bonds. The fraction of sp³-hybridized carbons (Fsp3) is 0.556. The molecule has 0 aliphatic carbocycles. The van der Waals surface area contributed by atoms with Crippen LogP contribution in [0.1, 0.15) is 11.4 Å². The molecular weight excluding hydrogens is 244 g/mol. The first-order chi connectivity index (χ1) is 8.11. The number of hydrogen-bond acceptors (Lipinski definition) is 6. The summed E-state index contributed by atoms with van der Waals surface area (Å²) in [7, 11) is 1.56. The van der Waals surface area contributed by atoms with Crippen LogP contribution in [0.15, 0.2) is 0 Å². The summed E-state index contributed by atoms with van der Waals surface area (Å²) in [5.41, 5.74) is 5.18. The number of aromatic nitrogens is 2. The summed E-state index contributed by atoms with van der Waals surface area (Å²) in [6, 6.07) is 0. The molecule has 1 aliphatic rings. The van der Waals surface area contributed by atoms with Gasteiger partial charge in [0.05, 0.1) is 5.92 Å². The van der Waals surface area contributed by atoms with E-state index < -0.39 is 11.8 Å². The Kier molecular flexibility index (Phi) is 3.34. The van der Waals surface area contributed by atoms with E-state index in [1.54, 1.807) is 7.11 Å². The van der Waals surface area contributed by atoms with Crippen molar-refractivity contribution in [3.05, 3.63) is 5.01 Å². The Hall–Kier alpha value is -1.54. The quantitative estimate of drug-likeness (QED) is 0.784. The highest BCUT2D eigenvalue weighted by Gasteiger charge is 2.35. The molecule has 2 rings (SSSR count). The molecule has 1 aromatic heterocycles. The van der Waals surface area contributed by atoms with Gasteiger partial charge in [0.15, 0.2) is 0 Å². The second-order valence-corrected chi connectivity index (χ2v) is 4.76. The van der Waals surface area contributed by atoms with Crippen LogP contribution in [0.3, 0.4) is 0 Å². The summed E-state index contributed by atoms with van der Waals surface area (Å²) in [5.74, 6) is -1.03. The topological polar surface area (TPSA) is 98.4 Å². The second-order valence-electron chi connectivity index (χ2n) is 3.72. The van der Waals surface area contributed by atoms with Crippen molar-refractivity contribution in [2.45, 2.75) is 13.0 Å². The van der Waals surface area contributed by atoms with Crippen LogP contribution in [-0.4, -0.2) is 35.7 Å². The van der Waals surface area contributed by atoms with Gasteiger partial charge in [0, 0.05) is 20.1 Å². The maximum atomic E-state index is 11.7. The predicted octanol–water partition coefficient (Wildman–Crippen LogP) is -0.477. The number of ether oxygens (including phenoxy) is 1. The Bertz CT molecular complexity index is 447. The molecule has 1 atom stereocenters. The Morgan fingerprint density at radius 3 is 3.00 bits per heavy atom. The minimum Gasteiger partial charge on any atom is -0.377 e. The van der Waals surface area contributed by atoms with Gasteiger partial charge in [0.1, 0.15) is 11.6 Å². The van der Waals surface area contributed by atoms with Crippen molar-refractivity contribution in [1.29, 1.82) is 0 Å². The van der Waals surface area contributed by atoms with E-state index in [4.69, 9.17) is 10.5 Å². The number of carbonyl (C=O) groups excluding carboxylic acids is 2. The lowest BCUT2D eigenvalue weighted by Gasteiger charge is -2.10. The van der Waals surface area contributed by atoms with Crippen LogP contribution < -0.4 is 10.6 Å². The lowest BCUT2D eigenvalue weighted by atomic mass is 10.1. The lowest BCUT2D eigenvalue weighted by Crippen LogP contribution is -2.28. The van der Waals surface area contributed by atoms with Crippen molar-refractivity contribution in [2.75, 3.05) is 18.6 Å². The molecule has 2 heterocycles. The maximum absolute atomic E-state index is 11.7. The molecule has 0 radical (unpaired) electrons. The minimum atomic E-state index is -0.456. The number of nitrogens with zero attached hydrogens (tertiary/aromatic N) is 3. The average Bonchev–Trinajstić information content (AvgIpc) is 2.85. The van der Waals surface area contributed by atoms with Crippen molar-refractivity contribution in [3.63, 3.8) is 0 Å². The van der Waals surface area contributed by atoms with Gasteiger partial charge in [0.2, 0.25) is 16.9 Å².